The first-order chi connectivity index (χ1) is 14.6. The van der Waals surface area contributed by atoms with Crippen LogP contribution in [-0.2, 0) is 9.59 Å². The lowest BCUT2D eigenvalue weighted by Gasteiger charge is -2.09. The molecule has 6 N–H and O–H groups in total. The van der Waals surface area contributed by atoms with Gasteiger partial charge >= 0.3 is 0 Å². The molecular formula is C21H20O10. The average molecular weight is 432 g/mol. The Bertz CT molecular complexity index is 996. The third-order valence-electron chi connectivity index (χ3n) is 4.20. The number of benzene rings is 2. The van der Waals surface area contributed by atoms with E-state index >= 15 is 0 Å². The highest BCUT2D eigenvalue weighted by Gasteiger charge is 2.24. The third-order valence-corrected chi connectivity index (χ3v) is 4.20. The smallest absolute Gasteiger partial charge is 0.208 e. The number of aromatic hydroxyl groups is 2. The minimum Gasteiger partial charge on any atom is -0.504 e. The van der Waals surface area contributed by atoms with Crippen LogP contribution in [0, 0.1) is 0 Å². The molecule has 0 heterocycles. The number of carbonyl (C=O) groups excluding carboxylic acids is 2. The fraction of sp³-hybridized carbons (Fsp3) is 0.143. The van der Waals surface area contributed by atoms with E-state index in [0.717, 1.165) is 24.3 Å². The summed E-state index contributed by atoms with van der Waals surface area (Å²) in [5.41, 5.74) is -0.154. The molecule has 10 nitrogen and oxygen atoms in total. The Morgan fingerprint density at radius 1 is 0.710 bits per heavy atom. The summed E-state index contributed by atoms with van der Waals surface area (Å²) in [4.78, 5) is 24.3. The molecule has 164 valence electrons. The van der Waals surface area contributed by atoms with Gasteiger partial charge in [0.25, 0.3) is 0 Å². The van der Waals surface area contributed by atoms with Gasteiger partial charge in [-0.05, 0) is 36.4 Å². The zero-order valence-corrected chi connectivity index (χ0v) is 16.5. The van der Waals surface area contributed by atoms with Gasteiger partial charge in [-0.25, -0.2) is 0 Å². The highest BCUT2D eigenvalue weighted by Crippen LogP contribution is 2.31. The van der Waals surface area contributed by atoms with Gasteiger partial charge in [-0.15, -0.1) is 0 Å². The van der Waals surface area contributed by atoms with Crippen LogP contribution in [0.2, 0.25) is 0 Å². The van der Waals surface area contributed by atoms with Crippen LogP contribution in [0.3, 0.4) is 0 Å². The van der Waals surface area contributed by atoms with E-state index in [4.69, 9.17) is 9.47 Å². The highest BCUT2D eigenvalue weighted by atomic mass is 16.5. The highest BCUT2D eigenvalue weighted by molar-refractivity contribution is 6.14. The first-order valence-electron chi connectivity index (χ1n) is 8.66. The predicted octanol–water partition coefficient (Wildman–Crippen LogP) is 2.91. The van der Waals surface area contributed by atoms with E-state index in [-0.39, 0.29) is 34.1 Å². The van der Waals surface area contributed by atoms with Crippen molar-refractivity contribution in [2.75, 3.05) is 14.2 Å². The minimum atomic E-state index is -1.24. The van der Waals surface area contributed by atoms with E-state index in [1.807, 2.05) is 0 Å². The average Bonchev–Trinajstić information content (AvgIpc) is 2.77. The van der Waals surface area contributed by atoms with Gasteiger partial charge in [0.1, 0.15) is 0 Å². The lowest BCUT2D eigenvalue weighted by molar-refractivity contribution is -0.125. The molecule has 0 amide bonds. The van der Waals surface area contributed by atoms with E-state index in [1.165, 1.54) is 26.4 Å². The van der Waals surface area contributed by atoms with Gasteiger partial charge in [0.15, 0.2) is 34.5 Å². The fourth-order valence-electron chi connectivity index (χ4n) is 2.50. The molecule has 0 saturated heterocycles. The number of ketones is 2. The number of ether oxygens (including phenoxy) is 2. The van der Waals surface area contributed by atoms with Crippen LogP contribution in [0.1, 0.15) is 17.5 Å². The minimum absolute atomic E-state index is 0.0322. The molecule has 0 spiro atoms. The predicted molar refractivity (Wildman–Crippen MR) is 108 cm³/mol. The first kappa shape index (κ1) is 22.9. The summed E-state index contributed by atoms with van der Waals surface area (Å²) in [7, 11) is 2.52. The summed E-state index contributed by atoms with van der Waals surface area (Å²) >= 11 is 0. The topological polar surface area (TPSA) is 174 Å². The summed E-state index contributed by atoms with van der Waals surface area (Å²) in [6.45, 7) is 0. The van der Waals surface area contributed by atoms with Gasteiger partial charge in [0.2, 0.25) is 23.1 Å². The molecule has 0 aliphatic heterocycles. The van der Waals surface area contributed by atoms with E-state index in [2.05, 4.69) is 0 Å². The molecule has 0 aromatic heterocycles. The Morgan fingerprint density at radius 3 is 1.39 bits per heavy atom. The van der Waals surface area contributed by atoms with Crippen LogP contribution in [-0.4, -0.2) is 56.4 Å². The van der Waals surface area contributed by atoms with Crippen LogP contribution in [0.4, 0.5) is 0 Å². The molecule has 0 aliphatic carbocycles. The second-order valence-corrected chi connectivity index (χ2v) is 6.19. The molecule has 0 saturated carbocycles. The van der Waals surface area contributed by atoms with Crippen LogP contribution in [0.15, 0.2) is 47.9 Å². The maximum absolute atomic E-state index is 12.2. The van der Waals surface area contributed by atoms with Crippen molar-refractivity contribution in [1.29, 1.82) is 0 Å². The maximum atomic E-state index is 12.2. The molecule has 2 aromatic carbocycles. The van der Waals surface area contributed by atoms with E-state index in [9.17, 15) is 40.2 Å². The van der Waals surface area contributed by atoms with E-state index in [0.29, 0.717) is 0 Å². The number of rotatable bonds is 8. The summed E-state index contributed by atoms with van der Waals surface area (Å²) in [5.74, 6) is -7.12. The summed E-state index contributed by atoms with van der Waals surface area (Å²) in [5, 5.41) is 59.3. The Hall–Kier alpha value is -4.34. The Morgan fingerprint density at radius 2 is 1.06 bits per heavy atom. The van der Waals surface area contributed by atoms with E-state index < -0.39 is 41.0 Å². The van der Waals surface area contributed by atoms with Crippen molar-refractivity contribution in [3.8, 4) is 23.0 Å². The van der Waals surface area contributed by atoms with Gasteiger partial charge in [-0.2, -0.15) is 0 Å². The van der Waals surface area contributed by atoms with Crippen molar-refractivity contribution >= 4 is 23.1 Å². The molecule has 2 rings (SSSR count). The molecule has 10 heteroatoms. The van der Waals surface area contributed by atoms with Crippen LogP contribution in [0.25, 0.3) is 11.5 Å². The van der Waals surface area contributed by atoms with Crippen molar-refractivity contribution in [3.63, 3.8) is 0 Å². The Labute approximate surface area is 176 Å². The quantitative estimate of drug-likeness (QED) is 0.207. The molecule has 0 atom stereocenters. The molecule has 0 unspecified atom stereocenters. The summed E-state index contributed by atoms with van der Waals surface area (Å²) in [6.07, 6.45) is -1.07. The van der Waals surface area contributed by atoms with Crippen LogP contribution >= 0.6 is 0 Å². The van der Waals surface area contributed by atoms with Gasteiger partial charge in [0.05, 0.1) is 20.6 Å². The van der Waals surface area contributed by atoms with Gasteiger partial charge in [-0.3, -0.25) is 9.59 Å². The molecule has 31 heavy (non-hydrogen) atoms. The van der Waals surface area contributed by atoms with Crippen molar-refractivity contribution < 1.29 is 49.7 Å². The SMILES string of the molecule is COc1cc(/C(O)=C(\O)C(=O)CC(=O)/C(O)=C(\O)c2ccc(O)c(OC)c2)ccc1O. The van der Waals surface area contributed by atoms with E-state index in [1.54, 1.807) is 0 Å². The number of hydrogen-bond donors (Lipinski definition) is 6. The number of aliphatic hydroxyl groups excluding tert-OH is 4. The number of hydrogen-bond acceptors (Lipinski definition) is 10. The monoisotopic (exact) mass is 432 g/mol. The number of phenolic OH excluding ortho intramolecular Hbond substituents is 2. The maximum Gasteiger partial charge on any atom is 0.208 e. The largest absolute Gasteiger partial charge is 0.504 e. The number of methoxy groups -OCH3 is 2. The summed E-state index contributed by atoms with van der Waals surface area (Å²) in [6, 6.07) is 7.01. The fourth-order valence-corrected chi connectivity index (χ4v) is 2.50. The second-order valence-electron chi connectivity index (χ2n) is 6.19. The zero-order chi connectivity index (χ0) is 23.3. The molecule has 0 fully saturated rings. The number of aliphatic hydroxyl groups is 4. The Balaban J connectivity index is 2.26. The van der Waals surface area contributed by atoms with Gasteiger partial charge in [0, 0.05) is 11.1 Å². The van der Waals surface area contributed by atoms with Crippen molar-refractivity contribution in [2.24, 2.45) is 0 Å². The third kappa shape index (κ3) is 4.99. The van der Waals surface area contributed by atoms with Crippen LogP contribution in [0.5, 0.6) is 23.0 Å². The second kappa shape index (κ2) is 9.44. The van der Waals surface area contributed by atoms with Crippen molar-refractivity contribution in [3.05, 3.63) is 59.0 Å². The lowest BCUT2D eigenvalue weighted by Crippen LogP contribution is -2.14. The molecular weight excluding hydrogens is 412 g/mol. The standard InChI is InChI=1S/C21H20O10/c1-30-16-7-10(3-5-12(16)22)18(26)20(28)14(24)9-15(25)21(29)19(27)11-4-6-13(23)17(8-11)31-2/h3-8,22-23,26-29H,9H2,1-2H3/b20-18+,21-19+. The molecule has 2 aromatic rings. The number of Topliss-reactive ketones (excluding diaryl/α,β-unsaturated/α-hetero) is 2. The van der Waals surface area contributed by atoms with Gasteiger partial charge < -0.3 is 40.1 Å². The molecule has 0 bridgehead atoms. The Kier molecular flexibility index (Phi) is 6.99. The zero-order valence-electron chi connectivity index (χ0n) is 16.5. The first-order valence-corrected chi connectivity index (χ1v) is 8.66. The van der Waals surface area contributed by atoms with Crippen LogP contribution < -0.4 is 9.47 Å². The van der Waals surface area contributed by atoms with Gasteiger partial charge in [-0.1, -0.05) is 0 Å². The molecule has 0 aliphatic rings. The normalized spacial score (nSPS) is 12.5. The molecule has 0 radical (unpaired) electrons. The van der Waals surface area contributed by atoms with Crippen molar-refractivity contribution in [2.45, 2.75) is 6.42 Å². The number of carbonyl (C=O) groups is 2. The number of allylic oxidation sites excluding steroid dienone is 2. The lowest BCUT2D eigenvalue weighted by atomic mass is 10.0. The van der Waals surface area contributed by atoms with Crippen molar-refractivity contribution in [1.82, 2.24) is 0 Å². The summed E-state index contributed by atoms with van der Waals surface area (Å²) < 4.78 is 9.74. The number of phenols is 2.